The molecule has 0 radical (unpaired) electrons. The van der Waals surface area contributed by atoms with Gasteiger partial charge in [0.25, 0.3) is 0 Å². The summed E-state index contributed by atoms with van der Waals surface area (Å²) in [6.45, 7) is 6.90. The van der Waals surface area contributed by atoms with Gasteiger partial charge in [0, 0.05) is 14.5 Å². The van der Waals surface area contributed by atoms with Crippen LogP contribution in [0.2, 0.25) is 0 Å². The molecule has 2 aromatic carbocycles. The third-order valence-corrected chi connectivity index (χ3v) is 4.88. The van der Waals surface area contributed by atoms with Crippen LogP contribution < -0.4 is 5.32 Å². The third kappa shape index (κ3) is 3.74. The van der Waals surface area contributed by atoms with Gasteiger partial charge in [0.1, 0.15) is 5.82 Å². The lowest BCUT2D eigenvalue weighted by Gasteiger charge is -2.22. The SMILES string of the molecule is CCNC(c1cc(C)c(Br)cc1C)c1cc(Br)ccc1F. The summed E-state index contributed by atoms with van der Waals surface area (Å²) >= 11 is 6.98. The van der Waals surface area contributed by atoms with Crippen LogP contribution in [-0.4, -0.2) is 6.54 Å². The van der Waals surface area contributed by atoms with E-state index in [1.54, 1.807) is 6.07 Å². The molecule has 1 N–H and O–H groups in total. The van der Waals surface area contributed by atoms with E-state index in [0.717, 1.165) is 32.2 Å². The Balaban J connectivity index is 2.58. The Hall–Kier alpha value is -0.710. The third-order valence-electron chi connectivity index (χ3n) is 3.54. The second-order valence-corrected chi connectivity index (χ2v) is 6.88. The molecule has 1 atom stereocenters. The van der Waals surface area contributed by atoms with Gasteiger partial charge in [-0.3, -0.25) is 0 Å². The van der Waals surface area contributed by atoms with Crippen LogP contribution in [0.1, 0.15) is 35.2 Å². The van der Waals surface area contributed by atoms with Crippen LogP contribution in [0.3, 0.4) is 0 Å². The van der Waals surface area contributed by atoms with E-state index in [9.17, 15) is 4.39 Å². The van der Waals surface area contributed by atoms with Gasteiger partial charge in [-0.1, -0.05) is 44.8 Å². The van der Waals surface area contributed by atoms with Gasteiger partial charge in [-0.05, 0) is 61.3 Å². The molecule has 0 heterocycles. The van der Waals surface area contributed by atoms with Gasteiger partial charge in [0.2, 0.25) is 0 Å². The second-order valence-electron chi connectivity index (χ2n) is 5.11. The first-order valence-corrected chi connectivity index (χ1v) is 8.47. The molecule has 0 amide bonds. The predicted octanol–water partition coefficient (Wildman–Crippen LogP) is 5.67. The minimum Gasteiger partial charge on any atom is -0.306 e. The van der Waals surface area contributed by atoms with Crippen LogP contribution >= 0.6 is 31.9 Å². The zero-order chi connectivity index (χ0) is 15.6. The first kappa shape index (κ1) is 16.7. The van der Waals surface area contributed by atoms with Crippen molar-refractivity contribution in [3.05, 3.63) is 67.3 Å². The molecule has 4 heteroatoms. The summed E-state index contributed by atoms with van der Waals surface area (Å²) in [6.07, 6.45) is 0. The number of benzene rings is 2. The lowest BCUT2D eigenvalue weighted by atomic mass is 9.93. The molecule has 21 heavy (non-hydrogen) atoms. The van der Waals surface area contributed by atoms with E-state index in [-0.39, 0.29) is 11.9 Å². The molecule has 0 aliphatic rings. The molecule has 0 fully saturated rings. The highest BCUT2D eigenvalue weighted by molar-refractivity contribution is 9.10. The summed E-state index contributed by atoms with van der Waals surface area (Å²) in [4.78, 5) is 0. The monoisotopic (exact) mass is 413 g/mol. The number of aryl methyl sites for hydroxylation is 2. The molecule has 0 spiro atoms. The Labute approximate surface area is 142 Å². The molecule has 0 aliphatic carbocycles. The highest BCUT2D eigenvalue weighted by atomic mass is 79.9. The topological polar surface area (TPSA) is 12.0 Å². The summed E-state index contributed by atoms with van der Waals surface area (Å²) in [5, 5.41) is 3.39. The van der Waals surface area contributed by atoms with Crippen molar-refractivity contribution in [2.24, 2.45) is 0 Å². The number of nitrogens with one attached hydrogen (secondary N) is 1. The molecular weight excluding hydrogens is 397 g/mol. The summed E-state index contributed by atoms with van der Waals surface area (Å²) < 4.78 is 16.2. The quantitative estimate of drug-likeness (QED) is 0.679. The van der Waals surface area contributed by atoms with Crippen molar-refractivity contribution in [3.63, 3.8) is 0 Å². The average molecular weight is 415 g/mol. The van der Waals surface area contributed by atoms with Gasteiger partial charge in [-0.15, -0.1) is 0 Å². The van der Waals surface area contributed by atoms with E-state index in [2.05, 4.69) is 56.2 Å². The van der Waals surface area contributed by atoms with Crippen molar-refractivity contribution in [1.82, 2.24) is 5.32 Å². The zero-order valence-electron chi connectivity index (χ0n) is 12.3. The summed E-state index contributed by atoms with van der Waals surface area (Å²) in [5.74, 6) is -0.191. The van der Waals surface area contributed by atoms with Gasteiger partial charge >= 0.3 is 0 Å². The van der Waals surface area contributed by atoms with E-state index in [4.69, 9.17) is 0 Å². The molecule has 2 rings (SSSR count). The van der Waals surface area contributed by atoms with Crippen molar-refractivity contribution in [2.75, 3.05) is 6.54 Å². The maximum atomic E-state index is 14.3. The zero-order valence-corrected chi connectivity index (χ0v) is 15.5. The molecule has 0 bridgehead atoms. The number of hydrogen-bond donors (Lipinski definition) is 1. The van der Waals surface area contributed by atoms with Crippen LogP contribution in [0.5, 0.6) is 0 Å². The normalized spacial score (nSPS) is 12.5. The Bertz CT molecular complexity index is 655. The van der Waals surface area contributed by atoms with Crippen molar-refractivity contribution in [2.45, 2.75) is 26.8 Å². The van der Waals surface area contributed by atoms with Gasteiger partial charge < -0.3 is 5.32 Å². The van der Waals surface area contributed by atoms with E-state index < -0.39 is 0 Å². The van der Waals surface area contributed by atoms with Gasteiger partial charge in [-0.2, -0.15) is 0 Å². The molecule has 112 valence electrons. The largest absolute Gasteiger partial charge is 0.306 e. The fraction of sp³-hybridized carbons (Fsp3) is 0.294. The molecule has 1 nitrogen and oxygen atoms in total. The van der Waals surface area contributed by atoms with E-state index in [1.165, 1.54) is 6.07 Å². The minimum atomic E-state index is -0.191. The first-order valence-electron chi connectivity index (χ1n) is 6.89. The smallest absolute Gasteiger partial charge is 0.128 e. The van der Waals surface area contributed by atoms with Crippen LogP contribution in [-0.2, 0) is 0 Å². The Morgan fingerprint density at radius 3 is 2.43 bits per heavy atom. The standard InChI is InChI=1S/C17H18Br2FN/c1-4-21-17(14-9-12(18)5-6-16(14)20)13-7-11(3)15(19)8-10(13)2/h5-9,17,21H,4H2,1-3H3. The van der Waals surface area contributed by atoms with Crippen LogP contribution in [0.15, 0.2) is 39.3 Å². The van der Waals surface area contributed by atoms with E-state index >= 15 is 0 Å². The Kier molecular flexibility index (Phi) is 5.58. The molecule has 2 aromatic rings. The van der Waals surface area contributed by atoms with E-state index in [1.807, 2.05) is 19.9 Å². The van der Waals surface area contributed by atoms with Crippen LogP contribution in [0.4, 0.5) is 4.39 Å². The summed E-state index contributed by atoms with van der Waals surface area (Å²) in [5.41, 5.74) is 4.05. The van der Waals surface area contributed by atoms with Crippen molar-refractivity contribution in [3.8, 4) is 0 Å². The molecular formula is C17H18Br2FN. The van der Waals surface area contributed by atoms with Gasteiger partial charge in [-0.25, -0.2) is 4.39 Å². The lowest BCUT2D eigenvalue weighted by molar-refractivity contribution is 0.557. The maximum absolute atomic E-state index is 14.3. The van der Waals surface area contributed by atoms with Crippen LogP contribution in [0.25, 0.3) is 0 Å². The van der Waals surface area contributed by atoms with Crippen molar-refractivity contribution < 1.29 is 4.39 Å². The Morgan fingerprint density at radius 2 is 1.76 bits per heavy atom. The number of rotatable bonds is 4. The van der Waals surface area contributed by atoms with Crippen molar-refractivity contribution >= 4 is 31.9 Å². The number of hydrogen-bond acceptors (Lipinski definition) is 1. The van der Waals surface area contributed by atoms with Gasteiger partial charge in [0.15, 0.2) is 0 Å². The Morgan fingerprint density at radius 1 is 1.05 bits per heavy atom. The fourth-order valence-corrected chi connectivity index (χ4v) is 3.28. The van der Waals surface area contributed by atoms with E-state index in [0.29, 0.717) is 5.56 Å². The number of halogens is 3. The molecule has 0 saturated heterocycles. The van der Waals surface area contributed by atoms with Gasteiger partial charge in [0.05, 0.1) is 6.04 Å². The molecule has 0 aromatic heterocycles. The molecule has 1 unspecified atom stereocenters. The maximum Gasteiger partial charge on any atom is 0.128 e. The fourth-order valence-electron chi connectivity index (χ4n) is 2.44. The summed E-state index contributed by atoms with van der Waals surface area (Å²) in [6, 6.07) is 9.13. The van der Waals surface area contributed by atoms with Crippen molar-refractivity contribution in [1.29, 1.82) is 0 Å². The molecule has 0 saturated carbocycles. The lowest BCUT2D eigenvalue weighted by Crippen LogP contribution is -2.24. The predicted molar refractivity (Wildman–Crippen MR) is 93.2 cm³/mol. The summed E-state index contributed by atoms with van der Waals surface area (Å²) in [7, 11) is 0. The minimum absolute atomic E-state index is 0.153. The molecule has 0 aliphatic heterocycles. The average Bonchev–Trinajstić information content (AvgIpc) is 2.43. The highest BCUT2D eigenvalue weighted by Crippen LogP contribution is 2.31. The van der Waals surface area contributed by atoms with Crippen LogP contribution in [0, 0.1) is 19.7 Å². The first-order chi connectivity index (χ1) is 9.93. The highest BCUT2D eigenvalue weighted by Gasteiger charge is 2.20. The second kappa shape index (κ2) is 7.03.